The molecule has 5 heteroatoms. The van der Waals surface area contributed by atoms with E-state index in [-0.39, 0.29) is 11.4 Å². The van der Waals surface area contributed by atoms with Crippen molar-refractivity contribution < 1.29 is 14.3 Å². The molecule has 0 saturated heterocycles. The van der Waals surface area contributed by atoms with Gasteiger partial charge in [-0.25, -0.2) is 9.18 Å². The maximum absolute atomic E-state index is 13.4. The normalized spacial score (nSPS) is 10.4. The van der Waals surface area contributed by atoms with Crippen LogP contribution in [-0.2, 0) is 5.75 Å². The Hall–Kier alpha value is -1.33. The summed E-state index contributed by atoms with van der Waals surface area (Å²) in [5.41, 5.74) is 1.06. The Morgan fingerprint density at radius 3 is 2.68 bits per heavy atom. The minimum Gasteiger partial charge on any atom is -0.478 e. The molecule has 0 atom stereocenters. The van der Waals surface area contributed by atoms with Crippen molar-refractivity contribution in [1.29, 1.82) is 0 Å². The molecule has 0 saturated carbocycles. The Morgan fingerprint density at radius 2 is 1.95 bits per heavy atom. The van der Waals surface area contributed by atoms with Gasteiger partial charge < -0.3 is 5.11 Å². The second-order valence-corrected chi connectivity index (χ2v) is 5.61. The van der Waals surface area contributed by atoms with Crippen LogP contribution in [-0.4, -0.2) is 11.1 Å². The topological polar surface area (TPSA) is 37.3 Å². The maximum Gasteiger partial charge on any atom is 0.336 e. The zero-order valence-corrected chi connectivity index (χ0v) is 12.2. The van der Waals surface area contributed by atoms with Gasteiger partial charge in [-0.3, -0.25) is 0 Å². The molecule has 0 bridgehead atoms. The molecule has 19 heavy (non-hydrogen) atoms. The van der Waals surface area contributed by atoms with E-state index in [1.54, 1.807) is 30.3 Å². The number of rotatable bonds is 4. The van der Waals surface area contributed by atoms with E-state index in [4.69, 9.17) is 5.11 Å². The van der Waals surface area contributed by atoms with Gasteiger partial charge in [0.15, 0.2) is 0 Å². The summed E-state index contributed by atoms with van der Waals surface area (Å²) in [6.07, 6.45) is 0. The van der Waals surface area contributed by atoms with E-state index in [2.05, 4.69) is 15.9 Å². The predicted octanol–water partition coefficient (Wildman–Crippen LogP) is 4.58. The molecule has 0 aliphatic rings. The number of carbonyl (C=O) groups is 1. The highest BCUT2D eigenvalue weighted by Gasteiger charge is 2.11. The van der Waals surface area contributed by atoms with Crippen molar-refractivity contribution >= 4 is 33.7 Å². The lowest BCUT2D eigenvalue weighted by atomic mass is 10.2. The fourth-order valence-electron chi connectivity index (χ4n) is 1.58. The lowest BCUT2D eigenvalue weighted by Crippen LogP contribution is -1.98. The third-order valence-electron chi connectivity index (χ3n) is 2.53. The number of thioether (sulfide) groups is 1. The van der Waals surface area contributed by atoms with Crippen molar-refractivity contribution in [1.82, 2.24) is 0 Å². The molecule has 0 aliphatic heterocycles. The lowest BCUT2D eigenvalue weighted by molar-refractivity contribution is 0.0693. The second-order valence-electron chi connectivity index (χ2n) is 3.80. The van der Waals surface area contributed by atoms with Gasteiger partial charge in [-0.15, -0.1) is 11.8 Å². The molecule has 2 nitrogen and oxygen atoms in total. The molecule has 0 amide bonds. The quantitative estimate of drug-likeness (QED) is 0.827. The highest BCUT2D eigenvalue weighted by Crippen LogP contribution is 2.30. The standard InChI is InChI=1S/C14H10BrFO2S/c15-13-9(4-3-6-11(13)16)8-19-12-7-2-1-5-10(12)14(17)18/h1-7H,8H2,(H,17,18). The largest absolute Gasteiger partial charge is 0.478 e. The van der Waals surface area contributed by atoms with E-state index in [1.807, 2.05) is 6.07 Å². The Kier molecular flexibility index (Phi) is 4.61. The predicted molar refractivity (Wildman–Crippen MR) is 77.1 cm³/mol. The van der Waals surface area contributed by atoms with Crippen LogP contribution in [0.25, 0.3) is 0 Å². The molecule has 1 N–H and O–H groups in total. The highest BCUT2D eigenvalue weighted by atomic mass is 79.9. The van der Waals surface area contributed by atoms with Crippen LogP contribution in [0.4, 0.5) is 4.39 Å². The Bertz CT molecular complexity index is 616. The van der Waals surface area contributed by atoms with Crippen molar-refractivity contribution in [2.24, 2.45) is 0 Å². The highest BCUT2D eigenvalue weighted by molar-refractivity contribution is 9.10. The fraction of sp³-hybridized carbons (Fsp3) is 0.0714. The van der Waals surface area contributed by atoms with Crippen molar-refractivity contribution in [3.8, 4) is 0 Å². The summed E-state index contributed by atoms with van der Waals surface area (Å²) in [6.45, 7) is 0. The van der Waals surface area contributed by atoms with Gasteiger partial charge in [-0.05, 0) is 39.7 Å². The minimum atomic E-state index is -0.957. The SMILES string of the molecule is O=C(O)c1ccccc1SCc1cccc(F)c1Br. The molecular formula is C14H10BrFO2S. The molecule has 0 radical (unpaired) electrons. The van der Waals surface area contributed by atoms with Crippen molar-refractivity contribution in [3.05, 3.63) is 63.9 Å². The molecule has 0 aromatic heterocycles. The van der Waals surface area contributed by atoms with Gasteiger partial charge in [-0.2, -0.15) is 0 Å². The number of benzene rings is 2. The Labute approximate surface area is 122 Å². The molecule has 0 heterocycles. The van der Waals surface area contributed by atoms with Crippen LogP contribution >= 0.6 is 27.7 Å². The van der Waals surface area contributed by atoms with Gasteiger partial charge in [-0.1, -0.05) is 24.3 Å². The van der Waals surface area contributed by atoms with E-state index in [9.17, 15) is 9.18 Å². The van der Waals surface area contributed by atoms with Gasteiger partial charge >= 0.3 is 5.97 Å². The van der Waals surface area contributed by atoms with Gasteiger partial charge in [0, 0.05) is 10.6 Å². The molecule has 0 unspecified atom stereocenters. The average Bonchev–Trinajstić information content (AvgIpc) is 2.40. The number of hydrogen-bond acceptors (Lipinski definition) is 2. The summed E-state index contributed by atoms with van der Waals surface area (Å²) in [4.78, 5) is 11.7. The van der Waals surface area contributed by atoms with Gasteiger partial charge in [0.25, 0.3) is 0 Å². The van der Waals surface area contributed by atoms with Crippen molar-refractivity contribution in [3.63, 3.8) is 0 Å². The van der Waals surface area contributed by atoms with E-state index in [0.717, 1.165) is 5.56 Å². The number of hydrogen-bond donors (Lipinski definition) is 1. The third-order valence-corrected chi connectivity index (χ3v) is 4.54. The van der Waals surface area contributed by atoms with E-state index in [0.29, 0.717) is 15.1 Å². The summed E-state index contributed by atoms with van der Waals surface area (Å²) < 4.78 is 13.8. The first-order valence-electron chi connectivity index (χ1n) is 5.47. The number of halogens is 2. The zero-order valence-electron chi connectivity index (χ0n) is 9.77. The fourth-order valence-corrected chi connectivity index (χ4v) is 3.21. The summed E-state index contributed by atoms with van der Waals surface area (Å²) in [5.74, 6) is -0.770. The monoisotopic (exact) mass is 340 g/mol. The van der Waals surface area contributed by atoms with Crippen LogP contribution < -0.4 is 0 Å². The number of carboxylic acids is 1. The minimum absolute atomic E-state index is 0.264. The summed E-state index contributed by atoms with van der Waals surface area (Å²) in [6, 6.07) is 11.6. The van der Waals surface area contributed by atoms with E-state index < -0.39 is 5.97 Å². The Balaban J connectivity index is 2.19. The van der Waals surface area contributed by atoms with Gasteiger partial charge in [0.1, 0.15) is 5.82 Å². The molecule has 98 valence electrons. The van der Waals surface area contributed by atoms with Crippen LogP contribution in [0.5, 0.6) is 0 Å². The first-order valence-corrected chi connectivity index (χ1v) is 7.25. The number of aromatic carboxylic acids is 1. The molecule has 0 fully saturated rings. The average molecular weight is 341 g/mol. The van der Waals surface area contributed by atoms with E-state index in [1.165, 1.54) is 17.8 Å². The second kappa shape index (κ2) is 6.21. The van der Waals surface area contributed by atoms with Crippen LogP contribution in [0.2, 0.25) is 0 Å². The molecule has 2 rings (SSSR count). The molecule has 0 spiro atoms. The van der Waals surface area contributed by atoms with Crippen LogP contribution in [0, 0.1) is 5.82 Å². The van der Waals surface area contributed by atoms with Gasteiger partial charge in [0.05, 0.1) is 10.0 Å². The summed E-state index contributed by atoms with van der Waals surface area (Å²) in [7, 11) is 0. The van der Waals surface area contributed by atoms with Crippen LogP contribution in [0.3, 0.4) is 0 Å². The molecule has 2 aromatic carbocycles. The van der Waals surface area contributed by atoms with Crippen LogP contribution in [0.15, 0.2) is 51.8 Å². The van der Waals surface area contributed by atoms with Crippen molar-refractivity contribution in [2.75, 3.05) is 0 Å². The lowest BCUT2D eigenvalue weighted by Gasteiger charge is -2.07. The summed E-state index contributed by atoms with van der Waals surface area (Å²) >= 11 is 4.57. The van der Waals surface area contributed by atoms with Crippen molar-refractivity contribution in [2.45, 2.75) is 10.6 Å². The maximum atomic E-state index is 13.4. The molecular weight excluding hydrogens is 331 g/mol. The zero-order chi connectivity index (χ0) is 13.8. The molecule has 0 aliphatic carbocycles. The van der Waals surface area contributed by atoms with Gasteiger partial charge in [0.2, 0.25) is 0 Å². The number of carboxylic acid groups (broad SMARTS) is 1. The first kappa shape index (κ1) is 14.1. The molecule has 2 aromatic rings. The Morgan fingerprint density at radius 1 is 1.21 bits per heavy atom. The first-order chi connectivity index (χ1) is 9.09. The summed E-state index contributed by atoms with van der Waals surface area (Å²) in [5, 5.41) is 9.08. The van der Waals surface area contributed by atoms with E-state index >= 15 is 0 Å². The smallest absolute Gasteiger partial charge is 0.336 e. The third kappa shape index (κ3) is 3.36. The van der Waals surface area contributed by atoms with Crippen LogP contribution in [0.1, 0.15) is 15.9 Å².